The van der Waals surface area contributed by atoms with Crippen LogP contribution in [0.4, 0.5) is 9.18 Å². The number of rotatable bonds is 5. The molecular weight excluding hydrogens is 347 g/mol. The Morgan fingerprint density at radius 1 is 1.37 bits per heavy atom. The van der Waals surface area contributed by atoms with Crippen LogP contribution < -0.4 is 10.6 Å². The van der Waals surface area contributed by atoms with Gasteiger partial charge in [0.05, 0.1) is 6.04 Å². The Labute approximate surface area is 161 Å². The fourth-order valence-corrected chi connectivity index (χ4v) is 2.95. The van der Waals surface area contributed by atoms with Crippen molar-refractivity contribution in [2.75, 3.05) is 26.2 Å². The number of hydrogen-bond donors (Lipinski definition) is 2. The summed E-state index contributed by atoms with van der Waals surface area (Å²) in [5.74, 6) is 0.600. The van der Waals surface area contributed by atoms with Crippen molar-refractivity contribution in [3.05, 3.63) is 35.6 Å². The number of guanidine groups is 1. The number of hydrogen-bond acceptors (Lipinski definition) is 3. The molecule has 0 bridgehead atoms. The highest BCUT2D eigenvalue weighted by Crippen LogP contribution is 2.12. The summed E-state index contributed by atoms with van der Waals surface area (Å²) in [4.78, 5) is 18.7. The van der Waals surface area contributed by atoms with E-state index >= 15 is 0 Å². The van der Waals surface area contributed by atoms with Crippen molar-refractivity contribution in [2.45, 2.75) is 52.2 Å². The maximum Gasteiger partial charge on any atom is 0.407 e. The third-order valence-electron chi connectivity index (χ3n) is 4.14. The van der Waals surface area contributed by atoms with Crippen molar-refractivity contribution in [2.24, 2.45) is 4.99 Å². The second kappa shape index (κ2) is 9.58. The summed E-state index contributed by atoms with van der Waals surface area (Å²) >= 11 is 0. The summed E-state index contributed by atoms with van der Waals surface area (Å²) in [5, 5.41) is 6.19. The molecule has 1 atom stereocenters. The lowest BCUT2D eigenvalue weighted by Crippen LogP contribution is -2.44. The zero-order valence-electron chi connectivity index (χ0n) is 16.7. The number of carbonyl (C=O) groups is 1. The van der Waals surface area contributed by atoms with Crippen LogP contribution >= 0.6 is 0 Å². The van der Waals surface area contributed by atoms with Crippen LogP contribution in [0, 0.1) is 5.82 Å². The first-order valence-corrected chi connectivity index (χ1v) is 9.54. The zero-order valence-corrected chi connectivity index (χ0v) is 16.7. The Bertz CT molecular complexity index is 658. The van der Waals surface area contributed by atoms with E-state index in [1.807, 2.05) is 33.8 Å². The molecule has 1 amide bonds. The molecule has 1 saturated heterocycles. The molecule has 150 valence electrons. The maximum absolute atomic E-state index is 13.7. The molecule has 2 rings (SSSR count). The molecule has 1 fully saturated rings. The molecule has 2 N–H and O–H groups in total. The van der Waals surface area contributed by atoms with Gasteiger partial charge in [0.1, 0.15) is 11.4 Å². The number of alkyl carbamates (subject to hydrolysis) is 1. The molecule has 7 heteroatoms. The fourth-order valence-electron chi connectivity index (χ4n) is 2.95. The van der Waals surface area contributed by atoms with Gasteiger partial charge in [-0.3, -0.25) is 4.99 Å². The molecular formula is C20H31FN4O2. The van der Waals surface area contributed by atoms with Gasteiger partial charge in [-0.2, -0.15) is 0 Å². The standard InChI is InChI=1S/C20H31FN4O2/c1-5-22-18(23-12-10-15-8-6-7-9-17(15)21)25-13-11-16(14-25)24-19(26)27-20(2,3)4/h6-9,16H,5,10-14H2,1-4H3,(H,22,23)(H,24,26). The van der Waals surface area contributed by atoms with E-state index in [0.29, 0.717) is 25.1 Å². The fraction of sp³-hybridized carbons (Fsp3) is 0.600. The minimum Gasteiger partial charge on any atom is -0.444 e. The molecule has 1 aliphatic rings. The van der Waals surface area contributed by atoms with E-state index in [0.717, 1.165) is 25.5 Å². The summed E-state index contributed by atoms with van der Waals surface area (Å²) in [6.45, 7) is 10.3. The number of halogens is 1. The summed E-state index contributed by atoms with van der Waals surface area (Å²) < 4.78 is 19.0. The van der Waals surface area contributed by atoms with E-state index in [1.54, 1.807) is 12.1 Å². The van der Waals surface area contributed by atoms with Gasteiger partial charge in [-0.15, -0.1) is 0 Å². The van der Waals surface area contributed by atoms with Crippen molar-refractivity contribution >= 4 is 12.1 Å². The Kier molecular flexibility index (Phi) is 7.45. The Hall–Kier alpha value is -2.31. The van der Waals surface area contributed by atoms with Gasteiger partial charge >= 0.3 is 6.09 Å². The Morgan fingerprint density at radius 2 is 2.11 bits per heavy atom. The van der Waals surface area contributed by atoms with Gasteiger partial charge in [-0.25, -0.2) is 9.18 Å². The monoisotopic (exact) mass is 378 g/mol. The first kappa shape index (κ1) is 21.0. The second-order valence-electron chi connectivity index (χ2n) is 7.65. The quantitative estimate of drug-likeness (QED) is 0.611. The minimum atomic E-state index is -0.508. The average molecular weight is 378 g/mol. The molecule has 1 heterocycles. The Balaban J connectivity index is 1.89. The average Bonchev–Trinajstić information content (AvgIpc) is 3.02. The van der Waals surface area contributed by atoms with Crippen LogP contribution in [0.2, 0.25) is 0 Å². The number of ether oxygens (including phenoxy) is 1. The van der Waals surface area contributed by atoms with Gasteiger partial charge in [-0.1, -0.05) is 18.2 Å². The smallest absolute Gasteiger partial charge is 0.407 e. The minimum absolute atomic E-state index is 0.0234. The lowest BCUT2D eigenvalue weighted by atomic mass is 10.1. The van der Waals surface area contributed by atoms with Crippen LogP contribution in [0.15, 0.2) is 29.3 Å². The number of aliphatic imine (C=N–C) groups is 1. The van der Waals surface area contributed by atoms with Gasteiger partial charge in [0.2, 0.25) is 0 Å². The molecule has 1 aliphatic heterocycles. The van der Waals surface area contributed by atoms with Gasteiger partial charge in [-0.05, 0) is 52.2 Å². The van der Waals surface area contributed by atoms with E-state index in [9.17, 15) is 9.18 Å². The first-order chi connectivity index (χ1) is 12.8. The first-order valence-electron chi connectivity index (χ1n) is 9.54. The highest BCUT2D eigenvalue weighted by molar-refractivity contribution is 5.80. The number of nitrogens with zero attached hydrogens (tertiary/aromatic N) is 2. The lowest BCUT2D eigenvalue weighted by molar-refractivity contribution is 0.0507. The third-order valence-corrected chi connectivity index (χ3v) is 4.14. The van der Waals surface area contributed by atoms with Crippen molar-refractivity contribution in [1.82, 2.24) is 15.5 Å². The molecule has 0 aromatic heterocycles. The SMILES string of the molecule is CCNC(=NCCc1ccccc1F)N1CCC(NC(=O)OC(C)(C)C)C1. The van der Waals surface area contributed by atoms with Crippen LogP contribution in [-0.4, -0.2) is 54.8 Å². The zero-order chi connectivity index (χ0) is 19.9. The topological polar surface area (TPSA) is 66.0 Å². The molecule has 0 aliphatic carbocycles. The summed E-state index contributed by atoms with van der Waals surface area (Å²) in [6, 6.07) is 6.80. The van der Waals surface area contributed by atoms with Crippen LogP contribution in [0.5, 0.6) is 0 Å². The third kappa shape index (κ3) is 7.07. The lowest BCUT2D eigenvalue weighted by Gasteiger charge is -2.23. The molecule has 6 nitrogen and oxygen atoms in total. The van der Waals surface area contributed by atoms with Crippen LogP contribution in [0.1, 0.15) is 39.7 Å². The molecule has 1 aromatic carbocycles. The summed E-state index contributed by atoms with van der Waals surface area (Å²) in [6.07, 6.45) is 0.988. The van der Waals surface area contributed by atoms with E-state index in [-0.39, 0.29) is 11.9 Å². The predicted octanol–water partition coefficient (Wildman–Crippen LogP) is 2.93. The predicted molar refractivity (Wildman–Crippen MR) is 105 cm³/mol. The second-order valence-corrected chi connectivity index (χ2v) is 7.65. The van der Waals surface area contributed by atoms with E-state index in [4.69, 9.17) is 4.74 Å². The summed E-state index contributed by atoms with van der Waals surface area (Å²) in [7, 11) is 0. The molecule has 1 aromatic rings. The van der Waals surface area contributed by atoms with Crippen LogP contribution in [-0.2, 0) is 11.2 Å². The normalized spacial score (nSPS) is 17.7. The highest BCUT2D eigenvalue weighted by atomic mass is 19.1. The van der Waals surface area contributed by atoms with Crippen LogP contribution in [0.25, 0.3) is 0 Å². The van der Waals surface area contributed by atoms with Crippen molar-refractivity contribution < 1.29 is 13.9 Å². The van der Waals surface area contributed by atoms with E-state index < -0.39 is 11.7 Å². The van der Waals surface area contributed by atoms with Gasteiger partial charge in [0, 0.05) is 26.2 Å². The largest absolute Gasteiger partial charge is 0.444 e. The van der Waals surface area contributed by atoms with E-state index in [2.05, 4.69) is 20.5 Å². The highest BCUT2D eigenvalue weighted by Gasteiger charge is 2.27. The molecule has 0 spiro atoms. The van der Waals surface area contributed by atoms with E-state index in [1.165, 1.54) is 6.07 Å². The number of nitrogens with one attached hydrogen (secondary N) is 2. The maximum atomic E-state index is 13.7. The van der Waals surface area contributed by atoms with Crippen molar-refractivity contribution in [3.8, 4) is 0 Å². The number of likely N-dealkylation sites (tertiary alicyclic amines) is 1. The number of carbonyl (C=O) groups excluding carboxylic acids is 1. The Morgan fingerprint density at radius 3 is 2.78 bits per heavy atom. The van der Waals surface area contributed by atoms with Gasteiger partial charge in [0.25, 0.3) is 0 Å². The van der Waals surface area contributed by atoms with Crippen molar-refractivity contribution in [3.63, 3.8) is 0 Å². The molecule has 0 saturated carbocycles. The molecule has 27 heavy (non-hydrogen) atoms. The van der Waals surface area contributed by atoms with Gasteiger partial charge in [0.15, 0.2) is 5.96 Å². The van der Waals surface area contributed by atoms with Gasteiger partial charge < -0.3 is 20.3 Å². The van der Waals surface area contributed by atoms with Crippen molar-refractivity contribution in [1.29, 1.82) is 0 Å². The number of amides is 1. The number of benzene rings is 1. The van der Waals surface area contributed by atoms with Crippen LogP contribution in [0.3, 0.4) is 0 Å². The molecule has 1 unspecified atom stereocenters. The molecule has 0 radical (unpaired) electrons. The summed E-state index contributed by atoms with van der Waals surface area (Å²) in [5.41, 5.74) is 0.161.